The van der Waals surface area contributed by atoms with E-state index in [-0.39, 0.29) is 11.3 Å². The lowest BCUT2D eigenvalue weighted by molar-refractivity contribution is -0.131. The normalized spacial score (nSPS) is 11.2. The Hall–Kier alpha value is -2.62. The van der Waals surface area contributed by atoms with E-state index in [0.29, 0.717) is 6.42 Å². The summed E-state index contributed by atoms with van der Waals surface area (Å²) >= 11 is 0. The molecule has 4 heteroatoms. The predicted molar refractivity (Wildman–Crippen MR) is 114 cm³/mol. The molecule has 0 atom stereocenters. The number of carbonyl (C=O) groups excluding carboxylic acids is 1. The van der Waals surface area contributed by atoms with Crippen molar-refractivity contribution in [3.8, 4) is 5.75 Å². The largest absolute Gasteiger partial charge is 0.478 e. The molecular formula is C24H32O4. The predicted octanol–water partition coefficient (Wildman–Crippen LogP) is 6.27. The summed E-state index contributed by atoms with van der Waals surface area (Å²) in [6, 6.07) is 5.06. The van der Waals surface area contributed by atoms with E-state index in [9.17, 15) is 14.7 Å². The minimum absolute atomic E-state index is 0.102. The van der Waals surface area contributed by atoms with Gasteiger partial charge in [-0.15, -0.1) is 6.58 Å². The third-order valence-electron chi connectivity index (χ3n) is 4.31. The molecule has 0 heterocycles. The summed E-state index contributed by atoms with van der Waals surface area (Å²) in [5.41, 5.74) is 0.823. The van der Waals surface area contributed by atoms with Gasteiger partial charge in [0.25, 0.3) is 0 Å². The fourth-order valence-corrected chi connectivity index (χ4v) is 2.96. The molecule has 152 valence electrons. The Labute approximate surface area is 168 Å². The zero-order valence-corrected chi connectivity index (χ0v) is 16.9. The number of unbranched alkanes of at least 4 members (excludes halogenated alkanes) is 5. The van der Waals surface area contributed by atoms with Gasteiger partial charge in [0.05, 0.1) is 0 Å². The molecule has 4 nitrogen and oxygen atoms in total. The van der Waals surface area contributed by atoms with Crippen molar-refractivity contribution in [1.29, 1.82) is 0 Å². The van der Waals surface area contributed by atoms with Gasteiger partial charge in [-0.1, -0.05) is 61.8 Å². The smallest absolute Gasteiger partial charge is 0.339 e. The lowest BCUT2D eigenvalue weighted by Gasteiger charge is -2.11. The fourth-order valence-electron chi connectivity index (χ4n) is 2.96. The Morgan fingerprint density at radius 1 is 1.00 bits per heavy atom. The van der Waals surface area contributed by atoms with E-state index in [2.05, 4.69) is 30.9 Å². The molecule has 0 aliphatic rings. The maximum absolute atomic E-state index is 11.6. The number of ether oxygens (including phenoxy) is 1. The second-order valence-corrected chi connectivity index (χ2v) is 6.70. The van der Waals surface area contributed by atoms with Crippen LogP contribution in [0, 0.1) is 0 Å². The summed E-state index contributed by atoms with van der Waals surface area (Å²) in [4.78, 5) is 22.7. The van der Waals surface area contributed by atoms with Gasteiger partial charge in [0.15, 0.2) is 0 Å². The molecule has 1 rings (SSSR count). The number of rotatable bonds is 14. The molecule has 0 aromatic heterocycles. The number of hydrogen-bond donors (Lipinski definition) is 1. The Kier molecular flexibility index (Phi) is 12.1. The van der Waals surface area contributed by atoms with E-state index in [1.54, 1.807) is 12.1 Å². The van der Waals surface area contributed by atoms with Crippen molar-refractivity contribution in [3.63, 3.8) is 0 Å². The van der Waals surface area contributed by atoms with Crippen molar-refractivity contribution in [2.24, 2.45) is 0 Å². The molecule has 0 radical (unpaired) electrons. The third-order valence-corrected chi connectivity index (χ3v) is 4.31. The van der Waals surface area contributed by atoms with Crippen molar-refractivity contribution < 1.29 is 19.4 Å². The number of aryl methyl sites for hydroxylation is 1. The first kappa shape index (κ1) is 23.4. The fraction of sp³-hybridized carbons (Fsp3) is 0.417. The topological polar surface area (TPSA) is 63.6 Å². The molecule has 0 aliphatic carbocycles. The first-order valence-corrected chi connectivity index (χ1v) is 10.0. The summed E-state index contributed by atoms with van der Waals surface area (Å²) in [5, 5.41) is 9.46. The monoisotopic (exact) mass is 384 g/mol. The highest BCUT2D eigenvalue weighted by Crippen LogP contribution is 2.24. The molecule has 0 fully saturated rings. The number of aromatic carboxylic acids is 1. The van der Waals surface area contributed by atoms with E-state index in [4.69, 9.17) is 4.74 Å². The summed E-state index contributed by atoms with van der Waals surface area (Å²) < 4.78 is 5.03. The van der Waals surface area contributed by atoms with Crippen molar-refractivity contribution in [2.45, 2.75) is 64.7 Å². The molecule has 28 heavy (non-hydrogen) atoms. The van der Waals surface area contributed by atoms with Crippen LogP contribution in [0.25, 0.3) is 0 Å². The molecule has 0 unspecified atom stereocenters. The molecule has 0 aliphatic heterocycles. The van der Waals surface area contributed by atoms with Crippen LogP contribution in [-0.2, 0) is 11.2 Å². The zero-order chi connectivity index (χ0) is 20.6. The van der Waals surface area contributed by atoms with E-state index in [0.717, 1.165) is 44.1 Å². The number of esters is 1. The Morgan fingerprint density at radius 2 is 1.68 bits per heavy atom. The van der Waals surface area contributed by atoms with Crippen molar-refractivity contribution in [1.82, 2.24) is 0 Å². The molecule has 0 saturated carbocycles. The van der Waals surface area contributed by atoms with Crippen LogP contribution >= 0.6 is 0 Å². The second kappa shape index (κ2) is 14.4. The molecule has 0 spiro atoms. The van der Waals surface area contributed by atoms with Crippen LogP contribution in [0.3, 0.4) is 0 Å². The number of carboxylic acid groups (broad SMARTS) is 1. The van der Waals surface area contributed by atoms with Crippen LogP contribution in [0.2, 0.25) is 0 Å². The highest BCUT2D eigenvalue weighted by molar-refractivity contribution is 5.93. The lowest BCUT2D eigenvalue weighted by atomic mass is 9.99. The van der Waals surface area contributed by atoms with Crippen molar-refractivity contribution in [2.75, 3.05) is 0 Å². The van der Waals surface area contributed by atoms with Gasteiger partial charge in [0.2, 0.25) is 0 Å². The van der Waals surface area contributed by atoms with Gasteiger partial charge in [0.1, 0.15) is 11.3 Å². The third kappa shape index (κ3) is 9.91. The SMILES string of the molecule is C=CCC=CCC=CCCCCCCCc1cccc(OC(C)=O)c1C(=O)O. The van der Waals surface area contributed by atoms with Gasteiger partial charge < -0.3 is 9.84 Å². The Morgan fingerprint density at radius 3 is 2.39 bits per heavy atom. The van der Waals surface area contributed by atoms with Crippen LogP contribution in [0.15, 0.2) is 55.2 Å². The summed E-state index contributed by atoms with van der Waals surface area (Å²) in [5.74, 6) is -1.44. The summed E-state index contributed by atoms with van der Waals surface area (Å²) in [6.07, 6.45) is 19.7. The maximum atomic E-state index is 11.6. The number of hydrogen-bond acceptors (Lipinski definition) is 3. The molecule has 0 amide bonds. The highest BCUT2D eigenvalue weighted by Gasteiger charge is 2.17. The molecule has 1 aromatic carbocycles. The van der Waals surface area contributed by atoms with Gasteiger partial charge in [-0.05, 0) is 50.2 Å². The van der Waals surface area contributed by atoms with Gasteiger partial charge >= 0.3 is 11.9 Å². The minimum atomic E-state index is -1.06. The maximum Gasteiger partial charge on any atom is 0.339 e. The van der Waals surface area contributed by atoms with Crippen molar-refractivity contribution >= 4 is 11.9 Å². The van der Waals surface area contributed by atoms with Gasteiger partial charge in [0, 0.05) is 6.92 Å². The Balaban J connectivity index is 2.28. The van der Waals surface area contributed by atoms with Crippen molar-refractivity contribution in [3.05, 3.63) is 66.3 Å². The van der Waals surface area contributed by atoms with Gasteiger partial charge in [-0.25, -0.2) is 4.79 Å². The lowest BCUT2D eigenvalue weighted by Crippen LogP contribution is -2.10. The van der Waals surface area contributed by atoms with Gasteiger partial charge in [-0.2, -0.15) is 0 Å². The quantitative estimate of drug-likeness (QED) is 0.178. The second-order valence-electron chi connectivity index (χ2n) is 6.70. The summed E-state index contributed by atoms with van der Waals surface area (Å²) in [7, 11) is 0. The first-order valence-electron chi connectivity index (χ1n) is 10.0. The standard InChI is InChI=1S/C24H32O4/c1-3-4-5-6-7-8-9-10-11-12-13-14-15-17-21-18-16-19-22(28-20(2)25)23(21)24(26)27/h3,5-6,8-9,16,18-19H,1,4,7,10-15,17H2,2H3,(H,26,27). The van der Waals surface area contributed by atoms with Gasteiger partial charge in [-0.3, -0.25) is 4.79 Å². The van der Waals surface area contributed by atoms with E-state index in [1.165, 1.54) is 25.8 Å². The average Bonchev–Trinajstić information content (AvgIpc) is 2.65. The number of benzene rings is 1. The van der Waals surface area contributed by atoms with E-state index in [1.807, 2.05) is 6.08 Å². The highest BCUT2D eigenvalue weighted by atomic mass is 16.5. The van der Waals surface area contributed by atoms with E-state index >= 15 is 0 Å². The number of allylic oxidation sites excluding steroid dienone is 5. The van der Waals surface area contributed by atoms with Crippen LogP contribution in [0.5, 0.6) is 5.75 Å². The molecule has 1 aromatic rings. The van der Waals surface area contributed by atoms with Crippen LogP contribution in [0.1, 0.15) is 74.2 Å². The zero-order valence-electron chi connectivity index (χ0n) is 16.9. The first-order chi connectivity index (χ1) is 13.6. The minimum Gasteiger partial charge on any atom is -0.478 e. The molecule has 1 N–H and O–H groups in total. The average molecular weight is 385 g/mol. The summed E-state index contributed by atoms with van der Waals surface area (Å²) in [6.45, 7) is 4.95. The van der Waals surface area contributed by atoms with Crippen LogP contribution in [0.4, 0.5) is 0 Å². The molecule has 0 bridgehead atoms. The number of carbonyl (C=O) groups is 2. The number of carboxylic acids is 1. The van der Waals surface area contributed by atoms with Crippen LogP contribution in [-0.4, -0.2) is 17.0 Å². The van der Waals surface area contributed by atoms with E-state index < -0.39 is 11.9 Å². The van der Waals surface area contributed by atoms with Crippen LogP contribution < -0.4 is 4.74 Å². The molecule has 0 saturated heterocycles. The Bertz CT molecular complexity index is 686. The molecular weight excluding hydrogens is 352 g/mol.